The Balaban J connectivity index is 2.31. The SMILES string of the molecule is Cc1cc(Br)cc(C)c1Nc1cnc(C#N)cn1. The van der Waals surface area contributed by atoms with Crippen LogP contribution in [0.3, 0.4) is 0 Å². The van der Waals surface area contributed by atoms with Gasteiger partial charge in [-0.2, -0.15) is 5.26 Å². The Morgan fingerprint density at radius 2 is 1.83 bits per heavy atom. The summed E-state index contributed by atoms with van der Waals surface area (Å²) in [6.45, 7) is 4.05. The number of hydrogen-bond donors (Lipinski definition) is 1. The van der Waals surface area contributed by atoms with Crippen molar-refractivity contribution in [3.63, 3.8) is 0 Å². The van der Waals surface area contributed by atoms with Crippen molar-refractivity contribution in [1.29, 1.82) is 5.26 Å². The van der Waals surface area contributed by atoms with Crippen LogP contribution in [0.4, 0.5) is 11.5 Å². The molecule has 90 valence electrons. The molecule has 0 bridgehead atoms. The van der Waals surface area contributed by atoms with Crippen molar-refractivity contribution in [1.82, 2.24) is 9.97 Å². The Labute approximate surface area is 114 Å². The number of nitriles is 1. The summed E-state index contributed by atoms with van der Waals surface area (Å²) in [6, 6.07) is 6.01. The van der Waals surface area contributed by atoms with Crippen molar-refractivity contribution < 1.29 is 0 Å². The first-order valence-corrected chi connectivity index (χ1v) is 6.15. The highest BCUT2D eigenvalue weighted by atomic mass is 79.9. The second-order valence-corrected chi connectivity index (χ2v) is 4.85. The molecule has 0 radical (unpaired) electrons. The van der Waals surface area contributed by atoms with E-state index in [2.05, 4.69) is 31.2 Å². The number of aryl methyl sites for hydroxylation is 2. The van der Waals surface area contributed by atoms with E-state index in [1.54, 1.807) is 6.20 Å². The molecule has 0 atom stereocenters. The summed E-state index contributed by atoms with van der Waals surface area (Å²) in [5, 5.41) is 11.9. The molecule has 0 aliphatic carbocycles. The standard InChI is InChI=1S/C13H11BrN4/c1-8-3-10(14)4-9(2)13(8)18-12-7-16-11(5-15)6-17-12/h3-4,6-7H,1-2H3,(H,17,18). The van der Waals surface area contributed by atoms with Crippen molar-refractivity contribution in [3.05, 3.63) is 45.8 Å². The Morgan fingerprint density at radius 1 is 1.17 bits per heavy atom. The average molecular weight is 303 g/mol. The lowest BCUT2D eigenvalue weighted by atomic mass is 10.1. The van der Waals surface area contributed by atoms with Crippen LogP contribution in [0.2, 0.25) is 0 Å². The predicted molar refractivity (Wildman–Crippen MR) is 73.6 cm³/mol. The summed E-state index contributed by atoms with van der Waals surface area (Å²) < 4.78 is 1.05. The van der Waals surface area contributed by atoms with Gasteiger partial charge in [-0.3, -0.25) is 0 Å². The smallest absolute Gasteiger partial charge is 0.158 e. The molecule has 1 aromatic carbocycles. The third-order valence-corrected chi connectivity index (χ3v) is 2.97. The van der Waals surface area contributed by atoms with Gasteiger partial charge in [0.1, 0.15) is 11.9 Å². The molecule has 0 aliphatic rings. The maximum absolute atomic E-state index is 8.66. The number of hydrogen-bond acceptors (Lipinski definition) is 4. The molecule has 1 aromatic heterocycles. The summed E-state index contributed by atoms with van der Waals surface area (Å²) in [6.07, 6.45) is 3.01. The molecule has 2 aromatic rings. The summed E-state index contributed by atoms with van der Waals surface area (Å²) in [4.78, 5) is 8.12. The minimum atomic E-state index is 0.310. The molecule has 18 heavy (non-hydrogen) atoms. The van der Waals surface area contributed by atoms with Crippen LogP contribution in [0, 0.1) is 25.2 Å². The van der Waals surface area contributed by atoms with E-state index >= 15 is 0 Å². The van der Waals surface area contributed by atoms with Crippen LogP contribution in [0.15, 0.2) is 29.0 Å². The summed E-state index contributed by atoms with van der Waals surface area (Å²) >= 11 is 3.46. The van der Waals surface area contributed by atoms with Gasteiger partial charge in [-0.15, -0.1) is 0 Å². The van der Waals surface area contributed by atoms with Gasteiger partial charge >= 0.3 is 0 Å². The fourth-order valence-electron chi connectivity index (χ4n) is 1.69. The first kappa shape index (κ1) is 12.5. The number of rotatable bonds is 2. The van der Waals surface area contributed by atoms with E-state index in [4.69, 9.17) is 5.26 Å². The molecule has 5 heteroatoms. The molecule has 1 N–H and O–H groups in total. The zero-order chi connectivity index (χ0) is 13.1. The molecular weight excluding hydrogens is 292 g/mol. The summed E-state index contributed by atoms with van der Waals surface area (Å²) in [5.74, 6) is 0.627. The Kier molecular flexibility index (Phi) is 3.58. The first-order valence-electron chi connectivity index (χ1n) is 5.36. The van der Waals surface area contributed by atoms with Gasteiger partial charge in [0, 0.05) is 10.2 Å². The molecular formula is C13H11BrN4. The molecule has 0 unspecified atom stereocenters. The van der Waals surface area contributed by atoms with E-state index in [1.165, 1.54) is 6.20 Å². The molecule has 0 fully saturated rings. The van der Waals surface area contributed by atoms with Crippen LogP contribution in [0.25, 0.3) is 0 Å². The molecule has 1 heterocycles. The lowest BCUT2D eigenvalue weighted by molar-refractivity contribution is 1.16. The highest BCUT2D eigenvalue weighted by Gasteiger charge is 2.05. The van der Waals surface area contributed by atoms with Crippen molar-refractivity contribution in [2.45, 2.75) is 13.8 Å². The van der Waals surface area contributed by atoms with Gasteiger partial charge in [0.2, 0.25) is 0 Å². The zero-order valence-corrected chi connectivity index (χ0v) is 11.6. The van der Waals surface area contributed by atoms with Crippen molar-refractivity contribution in [2.24, 2.45) is 0 Å². The van der Waals surface area contributed by atoms with Crippen LogP contribution in [0.1, 0.15) is 16.8 Å². The van der Waals surface area contributed by atoms with E-state index in [0.717, 1.165) is 21.3 Å². The lowest BCUT2D eigenvalue weighted by Gasteiger charge is -2.12. The normalized spacial score (nSPS) is 9.89. The van der Waals surface area contributed by atoms with E-state index in [1.807, 2.05) is 32.0 Å². The highest BCUT2D eigenvalue weighted by molar-refractivity contribution is 9.10. The van der Waals surface area contributed by atoms with Crippen LogP contribution in [0.5, 0.6) is 0 Å². The monoisotopic (exact) mass is 302 g/mol. The fourth-order valence-corrected chi connectivity index (χ4v) is 2.37. The van der Waals surface area contributed by atoms with E-state index in [-0.39, 0.29) is 0 Å². The average Bonchev–Trinajstić information content (AvgIpc) is 2.34. The van der Waals surface area contributed by atoms with Crippen molar-refractivity contribution in [2.75, 3.05) is 5.32 Å². The molecule has 0 saturated carbocycles. The zero-order valence-electron chi connectivity index (χ0n) is 10.0. The Hall–Kier alpha value is -1.93. The topological polar surface area (TPSA) is 61.6 Å². The second kappa shape index (κ2) is 5.15. The van der Waals surface area contributed by atoms with Crippen LogP contribution in [-0.4, -0.2) is 9.97 Å². The second-order valence-electron chi connectivity index (χ2n) is 3.94. The van der Waals surface area contributed by atoms with Gasteiger partial charge in [-0.05, 0) is 37.1 Å². The molecule has 0 saturated heterocycles. The van der Waals surface area contributed by atoms with E-state index in [0.29, 0.717) is 11.5 Å². The summed E-state index contributed by atoms with van der Waals surface area (Å²) in [5.41, 5.74) is 3.56. The predicted octanol–water partition coefficient (Wildman–Crippen LogP) is 3.47. The minimum absolute atomic E-state index is 0.310. The van der Waals surface area contributed by atoms with Gasteiger partial charge in [0.15, 0.2) is 5.69 Å². The number of nitrogens with one attached hydrogen (secondary N) is 1. The van der Waals surface area contributed by atoms with Crippen LogP contribution >= 0.6 is 15.9 Å². The van der Waals surface area contributed by atoms with Crippen LogP contribution in [-0.2, 0) is 0 Å². The number of nitrogens with zero attached hydrogens (tertiary/aromatic N) is 3. The molecule has 4 nitrogen and oxygen atoms in total. The number of halogens is 1. The third-order valence-electron chi connectivity index (χ3n) is 2.52. The quantitative estimate of drug-likeness (QED) is 0.922. The van der Waals surface area contributed by atoms with Gasteiger partial charge in [0.25, 0.3) is 0 Å². The third kappa shape index (κ3) is 2.66. The van der Waals surface area contributed by atoms with E-state index in [9.17, 15) is 0 Å². The fraction of sp³-hybridized carbons (Fsp3) is 0.154. The summed E-state index contributed by atoms with van der Waals surface area (Å²) in [7, 11) is 0. The van der Waals surface area contributed by atoms with Gasteiger partial charge < -0.3 is 5.32 Å². The first-order chi connectivity index (χ1) is 8.60. The van der Waals surface area contributed by atoms with Crippen molar-refractivity contribution >= 4 is 27.4 Å². The van der Waals surface area contributed by atoms with E-state index < -0.39 is 0 Å². The number of anilines is 2. The van der Waals surface area contributed by atoms with Gasteiger partial charge in [-0.25, -0.2) is 9.97 Å². The Morgan fingerprint density at radius 3 is 2.33 bits per heavy atom. The largest absolute Gasteiger partial charge is 0.339 e. The molecule has 0 spiro atoms. The van der Waals surface area contributed by atoms with Gasteiger partial charge in [0.05, 0.1) is 12.4 Å². The number of aromatic nitrogens is 2. The maximum Gasteiger partial charge on any atom is 0.158 e. The lowest BCUT2D eigenvalue weighted by Crippen LogP contribution is -1.99. The number of benzene rings is 1. The maximum atomic E-state index is 8.66. The van der Waals surface area contributed by atoms with Gasteiger partial charge in [-0.1, -0.05) is 15.9 Å². The Bertz CT molecular complexity index is 591. The minimum Gasteiger partial charge on any atom is -0.339 e. The molecule has 0 aliphatic heterocycles. The van der Waals surface area contributed by atoms with Crippen LogP contribution < -0.4 is 5.32 Å². The molecule has 0 amide bonds. The molecule has 2 rings (SSSR count). The highest BCUT2D eigenvalue weighted by Crippen LogP contribution is 2.27. The van der Waals surface area contributed by atoms with Crippen molar-refractivity contribution in [3.8, 4) is 6.07 Å².